The van der Waals surface area contributed by atoms with Crippen LogP contribution < -0.4 is 5.32 Å². The van der Waals surface area contributed by atoms with Crippen LogP contribution in [0.25, 0.3) is 11.1 Å². The summed E-state index contributed by atoms with van der Waals surface area (Å²) >= 11 is 0. The highest BCUT2D eigenvalue weighted by Crippen LogP contribution is 2.16. The van der Waals surface area contributed by atoms with E-state index in [1.165, 1.54) is 6.92 Å². The Morgan fingerprint density at radius 1 is 1.12 bits per heavy atom. The van der Waals surface area contributed by atoms with Crippen LogP contribution in [0.5, 0.6) is 0 Å². The molecule has 0 fully saturated rings. The molecule has 0 spiro atoms. The minimum Gasteiger partial charge on any atom is -0.453 e. The predicted octanol–water partition coefficient (Wildman–Crippen LogP) is 3.33. The smallest absolute Gasteiger partial charge is 0.307 e. The van der Waals surface area contributed by atoms with Gasteiger partial charge >= 0.3 is 5.97 Å². The molecule has 0 bridgehead atoms. The Balaban J connectivity index is 1.49. The van der Waals surface area contributed by atoms with Gasteiger partial charge in [0.15, 0.2) is 17.6 Å². The Kier molecular flexibility index (Phi) is 5.09. The third-order valence-electron chi connectivity index (χ3n) is 3.60. The van der Waals surface area contributed by atoms with E-state index in [0.29, 0.717) is 23.6 Å². The lowest BCUT2D eigenvalue weighted by Crippen LogP contribution is -2.30. The minimum absolute atomic E-state index is 0.0930. The highest BCUT2D eigenvalue weighted by molar-refractivity contribution is 5.95. The maximum Gasteiger partial charge on any atom is 0.307 e. The van der Waals surface area contributed by atoms with Crippen LogP contribution in [-0.4, -0.2) is 23.0 Å². The molecule has 0 aliphatic heterocycles. The Morgan fingerprint density at radius 2 is 1.84 bits per heavy atom. The molecular formula is C19H18N2O4. The molecule has 1 atom stereocenters. The minimum atomic E-state index is -0.878. The molecular weight excluding hydrogens is 320 g/mol. The first kappa shape index (κ1) is 16.7. The number of hydrogen-bond acceptors (Lipinski definition) is 5. The van der Waals surface area contributed by atoms with E-state index in [0.717, 1.165) is 5.52 Å². The van der Waals surface area contributed by atoms with Gasteiger partial charge in [-0.3, -0.25) is 9.59 Å². The van der Waals surface area contributed by atoms with E-state index in [9.17, 15) is 9.59 Å². The molecule has 1 heterocycles. The first-order valence-corrected chi connectivity index (χ1v) is 8.01. The highest BCUT2D eigenvalue weighted by Gasteiger charge is 2.18. The molecule has 0 aliphatic rings. The molecule has 128 valence electrons. The number of carbonyl (C=O) groups is 2. The average Bonchev–Trinajstić information content (AvgIpc) is 3.04. The van der Waals surface area contributed by atoms with E-state index in [2.05, 4.69) is 10.3 Å². The third-order valence-corrected chi connectivity index (χ3v) is 3.60. The second-order valence-electron chi connectivity index (χ2n) is 5.56. The molecule has 1 N–H and O–H groups in total. The molecule has 0 aliphatic carbocycles. The summed E-state index contributed by atoms with van der Waals surface area (Å²) in [6.45, 7) is 1.54. The Morgan fingerprint density at radius 3 is 2.60 bits per heavy atom. The van der Waals surface area contributed by atoms with Gasteiger partial charge in [0.25, 0.3) is 5.91 Å². The van der Waals surface area contributed by atoms with Gasteiger partial charge in [0, 0.05) is 12.1 Å². The summed E-state index contributed by atoms with van der Waals surface area (Å²) < 4.78 is 10.7. The molecule has 0 unspecified atom stereocenters. The van der Waals surface area contributed by atoms with Gasteiger partial charge in [-0.05, 0) is 31.2 Å². The number of anilines is 1. The molecule has 25 heavy (non-hydrogen) atoms. The fourth-order valence-electron chi connectivity index (χ4n) is 2.31. The lowest BCUT2D eigenvalue weighted by molar-refractivity contribution is -0.153. The number of esters is 1. The molecule has 2 aromatic carbocycles. The lowest BCUT2D eigenvalue weighted by atomic mass is 10.3. The first-order valence-electron chi connectivity index (χ1n) is 8.01. The number of benzene rings is 2. The van der Waals surface area contributed by atoms with Crippen LogP contribution in [-0.2, 0) is 20.7 Å². The molecule has 0 radical (unpaired) electrons. The second-order valence-corrected chi connectivity index (χ2v) is 5.56. The molecule has 0 saturated heterocycles. The summed E-state index contributed by atoms with van der Waals surface area (Å²) in [6.07, 6.45) is -0.465. The molecule has 6 heteroatoms. The van der Waals surface area contributed by atoms with Crippen molar-refractivity contribution < 1.29 is 18.7 Å². The molecule has 1 aromatic heterocycles. The summed E-state index contributed by atoms with van der Waals surface area (Å²) in [6, 6.07) is 16.4. The summed E-state index contributed by atoms with van der Waals surface area (Å²) in [5.41, 5.74) is 2.09. The number of rotatable bonds is 6. The van der Waals surface area contributed by atoms with E-state index >= 15 is 0 Å². The summed E-state index contributed by atoms with van der Waals surface area (Å²) in [4.78, 5) is 28.2. The van der Waals surface area contributed by atoms with Crippen molar-refractivity contribution in [2.45, 2.75) is 25.9 Å². The van der Waals surface area contributed by atoms with Gasteiger partial charge in [0.05, 0.1) is 6.42 Å². The predicted molar refractivity (Wildman–Crippen MR) is 93.0 cm³/mol. The topological polar surface area (TPSA) is 81.4 Å². The molecule has 0 saturated carbocycles. The number of amides is 1. The van der Waals surface area contributed by atoms with E-state index in [4.69, 9.17) is 9.15 Å². The molecule has 3 rings (SSSR count). The van der Waals surface area contributed by atoms with Crippen molar-refractivity contribution in [3.8, 4) is 0 Å². The van der Waals surface area contributed by atoms with Gasteiger partial charge in [-0.1, -0.05) is 30.3 Å². The van der Waals surface area contributed by atoms with Crippen molar-refractivity contribution in [3.63, 3.8) is 0 Å². The Bertz CT molecular complexity index is 840. The van der Waals surface area contributed by atoms with Crippen molar-refractivity contribution in [2.75, 3.05) is 5.32 Å². The maximum atomic E-state index is 12.0. The molecule has 6 nitrogen and oxygen atoms in total. The zero-order chi connectivity index (χ0) is 17.6. The van der Waals surface area contributed by atoms with Crippen LogP contribution in [0.15, 0.2) is 59.0 Å². The van der Waals surface area contributed by atoms with E-state index in [1.807, 2.05) is 42.5 Å². The summed E-state index contributed by atoms with van der Waals surface area (Å²) in [5, 5.41) is 2.69. The van der Waals surface area contributed by atoms with Crippen LogP contribution in [0, 0.1) is 0 Å². The number of nitrogens with zero attached hydrogens (tertiary/aromatic N) is 1. The van der Waals surface area contributed by atoms with Gasteiger partial charge in [-0.15, -0.1) is 0 Å². The second kappa shape index (κ2) is 7.61. The molecule has 1 amide bonds. The van der Waals surface area contributed by atoms with Gasteiger partial charge in [-0.25, -0.2) is 4.98 Å². The number of hydrogen-bond donors (Lipinski definition) is 1. The SMILES string of the molecule is C[C@@H](OC(=O)CCc1nc2ccccc2o1)C(=O)Nc1ccccc1. The van der Waals surface area contributed by atoms with Crippen molar-refractivity contribution in [2.24, 2.45) is 0 Å². The maximum absolute atomic E-state index is 12.0. The standard InChI is InChI=1S/C19H18N2O4/c1-13(19(23)20-14-7-3-2-4-8-14)24-18(22)12-11-17-21-15-9-5-6-10-16(15)25-17/h2-10,13H,11-12H2,1H3,(H,20,23)/t13-/m1/s1. The van der Waals surface area contributed by atoms with E-state index in [1.54, 1.807) is 12.1 Å². The van der Waals surface area contributed by atoms with Gasteiger partial charge in [-0.2, -0.15) is 0 Å². The van der Waals surface area contributed by atoms with Gasteiger partial charge in [0.1, 0.15) is 5.52 Å². The van der Waals surface area contributed by atoms with E-state index < -0.39 is 12.1 Å². The fourth-order valence-corrected chi connectivity index (χ4v) is 2.31. The van der Waals surface area contributed by atoms with Crippen LogP contribution in [0.2, 0.25) is 0 Å². The lowest BCUT2D eigenvalue weighted by Gasteiger charge is -2.13. The number of para-hydroxylation sites is 3. The van der Waals surface area contributed by atoms with Crippen LogP contribution >= 0.6 is 0 Å². The first-order chi connectivity index (χ1) is 12.1. The number of ether oxygens (including phenoxy) is 1. The number of aryl methyl sites for hydroxylation is 1. The van der Waals surface area contributed by atoms with Crippen molar-refractivity contribution >= 4 is 28.7 Å². The number of carbonyl (C=O) groups excluding carboxylic acids is 2. The quantitative estimate of drug-likeness (QED) is 0.697. The highest BCUT2D eigenvalue weighted by atomic mass is 16.5. The Labute approximate surface area is 144 Å². The summed E-state index contributed by atoms with van der Waals surface area (Å²) in [7, 11) is 0. The monoisotopic (exact) mass is 338 g/mol. The van der Waals surface area contributed by atoms with Crippen LogP contribution in [0.3, 0.4) is 0 Å². The average molecular weight is 338 g/mol. The third kappa shape index (κ3) is 4.44. The van der Waals surface area contributed by atoms with Crippen LogP contribution in [0.1, 0.15) is 19.2 Å². The number of oxazole rings is 1. The zero-order valence-electron chi connectivity index (χ0n) is 13.8. The van der Waals surface area contributed by atoms with Crippen molar-refractivity contribution in [3.05, 3.63) is 60.5 Å². The number of aromatic nitrogens is 1. The summed E-state index contributed by atoms with van der Waals surface area (Å²) in [5.74, 6) is -0.376. The van der Waals surface area contributed by atoms with Crippen LogP contribution in [0.4, 0.5) is 5.69 Å². The molecule has 3 aromatic rings. The fraction of sp³-hybridized carbons (Fsp3) is 0.211. The van der Waals surface area contributed by atoms with Crippen molar-refractivity contribution in [1.82, 2.24) is 4.98 Å². The van der Waals surface area contributed by atoms with Gasteiger partial charge in [0.2, 0.25) is 0 Å². The van der Waals surface area contributed by atoms with Gasteiger partial charge < -0.3 is 14.5 Å². The number of nitrogens with one attached hydrogen (secondary N) is 1. The zero-order valence-corrected chi connectivity index (χ0v) is 13.8. The van der Waals surface area contributed by atoms with Crippen molar-refractivity contribution in [1.29, 1.82) is 0 Å². The Hall–Kier alpha value is -3.15. The van der Waals surface area contributed by atoms with E-state index in [-0.39, 0.29) is 12.3 Å². The number of fused-ring (bicyclic) bond motifs is 1. The normalized spacial score (nSPS) is 11.9. The largest absolute Gasteiger partial charge is 0.453 e.